The molecule has 2 atom stereocenters. The first-order valence-electron chi connectivity index (χ1n) is 7.40. The molecule has 0 spiro atoms. The quantitative estimate of drug-likeness (QED) is 0.898. The molecule has 22 heavy (non-hydrogen) atoms. The highest BCUT2D eigenvalue weighted by atomic mass is 35.5. The Bertz CT molecular complexity index is 482. The van der Waals surface area contributed by atoms with E-state index in [1.165, 1.54) is 0 Å². The van der Waals surface area contributed by atoms with E-state index in [0.29, 0.717) is 11.7 Å². The number of rotatable bonds is 5. The Balaban J connectivity index is 0.00000242. The minimum Gasteiger partial charge on any atom is -0.497 e. The van der Waals surface area contributed by atoms with Crippen LogP contribution in [0.2, 0.25) is 0 Å². The van der Waals surface area contributed by atoms with Crippen LogP contribution in [0.15, 0.2) is 24.3 Å². The topological polar surface area (TPSA) is 64.8 Å². The minimum atomic E-state index is 0. The lowest BCUT2D eigenvalue weighted by molar-refractivity contribution is -0.135. The maximum absolute atomic E-state index is 12.2. The van der Waals surface area contributed by atoms with Crippen molar-refractivity contribution in [2.75, 3.05) is 26.8 Å². The molecule has 1 aliphatic heterocycles. The van der Waals surface area contributed by atoms with Crippen molar-refractivity contribution < 1.29 is 14.3 Å². The SMILES string of the molecule is COc1cccc(OCC(=O)N2CCCC(C(C)N)C2)c1.Cl. The highest BCUT2D eigenvalue weighted by Crippen LogP contribution is 2.21. The summed E-state index contributed by atoms with van der Waals surface area (Å²) in [4.78, 5) is 14.1. The molecule has 2 N–H and O–H groups in total. The molecule has 124 valence electrons. The summed E-state index contributed by atoms with van der Waals surface area (Å²) < 4.78 is 10.7. The van der Waals surface area contributed by atoms with Crippen LogP contribution in [0.1, 0.15) is 19.8 Å². The monoisotopic (exact) mass is 328 g/mol. The number of carbonyl (C=O) groups excluding carboxylic acids is 1. The number of nitrogens with two attached hydrogens (primary N) is 1. The van der Waals surface area contributed by atoms with Gasteiger partial charge in [-0.2, -0.15) is 0 Å². The molecule has 5 nitrogen and oxygen atoms in total. The summed E-state index contributed by atoms with van der Waals surface area (Å²) in [6.07, 6.45) is 2.11. The van der Waals surface area contributed by atoms with E-state index in [-0.39, 0.29) is 31.0 Å². The smallest absolute Gasteiger partial charge is 0.260 e. The number of ether oxygens (including phenoxy) is 2. The second-order valence-corrected chi connectivity index (χ2v) is 5.57. The molecule has 1 aromatic carbocycles. The number of amides is 1. The van der Waals surface area contributed by atoms with E-state index in [9.17, 15) is 4.79 Å². The maximum Gasteiger partial charge on any atom is 0.260 e. The molecule has 6 heteroatoms. The Kier molecular flexibility index (Phi) is 7.48. The number of likely N-dealkylation sites (tertiary alicyclic amines) is 1. The Hall–Kier alpha value is -1.46. The normalized spacial score (nSPS) is 19.0. The summed E-state index contributed by atoms with van der Waals surface area (Å²) in [6, 6.07) is 7.39. The van der Waals surface area contributed by atoms with E-state index >= 15 is 0 Å². The molecule has 1 amide bonds. The molecule has 2 rings (SSSR count). The molecule has 0 aromatic heterocycles. The zero-order valence-electron chi connectivity index (χ0n) is 13.2. The average molecular weight is 329 g/mol. The number of piperidine rings is 1. The molecular weight excluding hydrogens is 304 g/mol. The van der Waals surface area contributed by atoms with Gasteiger partial charge in [0.05, 0.1) is 7.11 Å². The van der Waals surface area contributed by atoms with Gasteiger partial charge in [-0.1, -0.05) is 6.07 Å². The predicted molar refractivity (Wildman–Crippen MR) is 88.7 cm³/mol. The zero-order valence-corrected chi connectivity index (χ0v) is 14.0. The molecule has 1 saturated heterocycles. The van der Waals surface area contributed by atoms with Crippen LogP contribution in [-0.2, 0) is 4.79 Å². The molecule has 1 heterocycles. The number of nitrogens with zero attached hydrogens (tertiary/aromatic N) is 1. The second kappa shape index (κ2) is 8.86. The van der Waals surface area contributed by atoms with Crippen molar-refractivity contribution >= 4 is 18.3 Å². The van der Waals surface area contributed by atoms with Crippen LogP contribution in [0, 0.1) is 5.92 Å². The number of halogens is 1. The largest absolute Gasteiger partial charge is 0.497 e. The van der Waals surface area contributed by atoms with Gasteiger partial charge in [0.2, 0.25) is 0 Å². The summed E-state index contributed by atoms with van der Waals surface area (Å²) in [5.41, 5.74) is 5.94. The molecule has 1 aromatic rings. The van der Waals surface area contributed by atoms with E-state index in [2.05, 4.69) is 0 Å². The zero-order chi connectivity index (χ0) is 15.2. The van der Waals surface area contributed by atoms with Gasteiger partial charge in [-0.3, -0.25) is 4.79 Å². The third-order valence-corrected chi connectivity index (χ3v) is 3.96. The summed E-state index contributed by atoms with van der Waals surface area (Å²) in [6.45, 7) is 3.59. The Morgan fingerprint density at radius 1 is 1.45 bits per heavy atom. The van der Waals surface area contributed by atoms with Crippen LogP contribution in [0.3, 0.4) is 0 Å². The fourth-order valence-corrected chi connectivity index (χ4v) is 2.59. The van der Waals surface area contributed by atoms with Gasteiger partial charge >= 0.3 is 0 Å². The van der Waals surface area contributed by atoms with Crippen molar-refractivity contribution in [1.29, 1.82) is 0 Å². The first kappa shape index (κ1) is 18.6. The summed E-state index contributed by atoms with van der Waals surface area (Å²) in [7, 11) is 1.60. The average Bonchev–Trinajstić information content (AvgIpc) is 2.53. The summed E-state index contributed by atoms with van der Waals surface area (Å²) in [5.74, 6) is 1.76. The van der Waals surface area contributed by atoms with Crippen LogP contribution in [0.25, 0.3) is 0 Å². The highest BCUT2D eigenvalue weighted by Gasteiger charge is 2.25. The first-order chi connectivity index (χ1) is 10.1. The van der Waals surface area contributed by atoms with Crippen LogP contribution < -0.4 is 15.2 Å². The molecule has 2 unspecified atom stereocenters. The first-order valence-corrected chi connectivity index (χ1v) is 7.40. The van der Waals surface area contributed by atoms with Gasteiger partial charge in [-0.15, -0.1) is 12.4 Å². The molecule has 0 aliphatic carbocycles. The van der Waals surface area contributed by atoms with Crippen LogP contribution in [0.5, 0.6) is 11.5 Å². The minimum absolute atomic E-state index is 0. The van der Waals surface area contributed by atoms with Gasteiger partial charge in [0.15, 0.2) is 6.61 Å². The van der Waals surface area contributed by atoms with Crippen molar-refractivity contribution in [3.63, 3.8) is 0 Å². The fraction of sp³-hybridized carbons (Fsp3) is 0.562. The van der Waals surface area contributed by atoms with Crippen molar-refractivity contribution in [3.05, 3.63) is 24.3 Å². The standard InChI is InChI=1S/C16H24N2O3.ClH/c1-12(17)13-5-4-8-18(10-13)16(19)11-21-15-7-3-6-14(9-15)20-2;/h3,6-7,9,12-13H,4-5,8,10-11,17H2,1-2H3;1H. The molecule has 0 radical (unpaired) electrons. The third kappa shape index (κ3) is 5.07. The van der Waals surface area contributed by atoms with E-state index < -0.39 is 0 Å². The van der Waals surface area contributed by atoms with Crippen molar-refractivity contribution in [2.45, 2.75) is 25.8 Å². The van der Waals surface area contributed by atoms with E-state index in [1.54, 1.807) is 13.2 Å². The van der Waals surface area contributed by atoms with E-state index in [4.69, 9.17) is 15.2 Å². The maximum atomic E-state index is 12.2. The lowest BCUT2D eigenvalue weighted by Gasteiger charge is -2.34. The van der Waals surface area contributed by atoms with Crippen molar-refractivity contribution in [1.82, 2.24) is 4.90 Å². The lowest BCUT2D eigenvalue weighted by atomic mass is 9.92. The second-order valence-electron chi connectivity index (χ2n) is 5.57. The number of methoxy groups -OCH3 is 1. The number of hydrogen-bond donors (Lipinski definition) is 1. The highest BCUT2D eigenvalue weighted by molar-refractivity contribution is 5.85. The van der Waals surface area contributed by atoms with Crippen LogP contribution >= 0.6 is 12.4 Å². The van der Waals surface area contributed by atoms with Gasteiger partial charge in [0.25, 0.3) is 5.91 Å². The lowest BCUT2D eigenvalue weighted by Crippen LogP contribution is -2.46. The van der Waals surface area contributed by atoms with Crippen molar-refractivity contribution in [2.24, 2.45) is 11.7 Å². The Morgan fingerprint density at radius 2 is 2.18 bits per heavy atom. The Labute approximate surface area is 138 Å². The Morgan fingerprint density at radius 3 is 2.86 bits per heavy atom. The molecule has 1 fully saturated rings. The van der Waals surface area contributed by atoms with Gasteiger partial charge in [-0.25, -0.2) is 0 Å². The molecule has 1 aliphatic rings. The number of carbonyl (C=O) groups is 1. The van der Waals surface area contributed by atoms with E-state index in [1.807, 2.05) is 30.0 Å². The van der Waals surface area contributed by atoms with Gasteiger partial charge in [0.1, 0.15) is 11.5 Å². The van der Waals surface area contributed by atoms with Gasteiger partial charge in [-0.05, 0) is 37.8 Å². The summed E-state index contributed by atoms with van der Waals surface area (Å²) in [5, 5.41) is 0. The summed E-state index contributed by atoms with van der Waals surface area (Å²) >= 11 is 0. The van der Waals surface area contributed by atoms with Crippen molar-refractivity contribution in [3.8, 4) is 11.5 Å². The predicted octanol–water partition coefficient (Wildman–Crippen LogP) is 2.08. The number of benzene rings is 1. The third-order valence-electron chi connectivity index (χ3n) is 3.96. The van der Waals surface area contributed by atoms with E-state index in [0.717, 1.165) is 31.7 Å². The molecular formula is C16H25ClN2O3. The fourth-order valence-electron chi connectivity index (χ4n) is 2.59. The van der Waals surface area contributed by atoms with Crippen LogP contribution in [-0.4, -0.2) is 43.7 Å². The molecule has 0 saturated carbocycles. The van der Waals surface area contributed by atoms with Crippen LogP contribution in [0.4, 0.5) is 0 Å². The van der Waals surface area contributed by atoms with Gasteiger partial charge in [0, 0.05) is 25.2 Å². The number of hydrogen-bond acceptors (Lipinski definition) is 4. The molecule has 0 bridgehead atoms. The van der Waals surface area contributed by atoms with Gasteiger partial charge < -0.3 is 20.1 Å².